The number of nitrogens with two attached hydrogens (primary N) is 1. The van der Waals surface area contributed by atoms with Crippen LogP contribution in [0.4, 0.5) is 4.39 Å². The third-order valence-corrected chi connectivity index (χ3v) is 4.00. The maximum Gasteiger partial charge on any atom is 0.244 e. The number of hydrogen-bond donors (Lipinski definition) is 1. The molecule has 0 amide bonds. The summed E-state index contributed by atoms with van der Waals surface area (Å²) in [5.74, 6) is 0.711. The van der Waals surface area contributed by atoms with Crippen molar-refractivity contribution in [3.05, 3.63) is 36.0 Å². The van der Waals surface area contributed by atoms with Crippen molar-refractivity contribution in [2.45, 2.75) is 38.1 Å². The van der Waals surface area contributed by atoms with Crippen molar-refractivity contribution < 1.29 is 8.91 Å². The maximum atomic E-state index is 13.7. The van der Waals surface area contributed by atoms with Crippen LogP contribution in [0.1, 0.15) is 44.0 Å². The van der Waals surface area contributed by atoms with E-state index in [2.05, 4.69) is 10.1 Å². The monoisotopic (exact) mass is 275 g/mol. The normalized spacial score (nSPS) is 18.1. The van der Waals surface area contributed by atoms with Gasteiger partial charge in [-0.2, -0.15) is 4.98 Å². The molecule has 1 aromatic carbocycles. The highest BCUT2D eigenvalue weighted by Gasteiger charge is 2.26. The van der Waals surface area contributed by atoms with E-state index in [1.54, 1.807) is 18.2 Å². The van der Waals surface area contributed by atoms with Crippen LogP contribution >= 0.6 is 0 Å². The average Bonchev–Trinajstić information content (AvgIpc) is 2.97. The average molecular weight is 275 g/mol. The molecule has 1 aliphatic carbocycles. The molecular weight excluding hydrogens is 257 g/mol. The fraction of sp³-hybridized carbons (Fsp3) is 0.467. The second-order valence-corrected chi connectivity index (χ2v) is 5.36. The van der Waals surface area contributed by atoms with Gasteiger partial charge in [0.05, 0.1) is 11.6 Å². The molecule has 0 saturated heterocycles. The zero-order valence-corrected chi connectivity index (χ0v) is 11.3. The Morgan fingerprint density at radius 2 is 1.95 bits per heavy atom. The van der Waals surface area contributed by atoms with Gasteiger partial charge >= 0.3 is 0 Å². The lowest BCUT2D eigenvalue weighted by Gasteiger charge is -2.24. The van der Waals surface area contributed by atoms with Crippen molar-refractivity contribution in [3.8, 4) is 11.4 Å². The minimum Gasteiger partial charge on any atom is -0.337 e. The number of halogens is 1. The first-order valence-corrected chi connectivity index (χ1v) is 7.10. The fourth-order valence-electron chi connectivity index (χ4n) is 2.82. The third-order valence-electron chi connectivity index (χ3n) is 4.00. The smallest absolute Gasteiger partial charge is 0.244 e. The van der Waals surface area contributed by atoms with Crippen LogP contribution in [0.2, 0.25) is 0 Å². The molecule has 20 heavy (non-hydrogen) atoms. The molecule has 0 radical (unpaired) electrons. The topological polar surface area (TPSA) is 64.9 Å². The van der Waals surface area contributed by atoms with Gasteiger partial charge in [-0.1, -0.05) is 36.6 Å². The quantitative estimate of drug-likeness (QED) is 0.931. The lowest BCUT2D eigenvalue weighted by Crippen LogP contribution is -2.23. The van der Waals surface area contributed by atoms with E-state index < -0.39 is 0 Å². The molecule has 1 aromatic heterocycles. The molecule has 4 nitrogen and oxygen atoms in total. The van der Waals surface area contributed by atoms with Gasteiger partial charge < -0.3 is 10.3 Å². The van der Waals surface area contributed by atoms with Crippen molar-refractivity contribution in [1.29, 1.82) is 0 Å². The molecule has 1 unspecified atom stereocenters. The Balaban J connectivity index is 1.81. The Kier molecular flexibility index (Phi) is 3.78. The first kappa shape index (κ1) is 13.2. The minimum absolute atomic E-state index is 0.247. The van der Waals surface area contributed by atoms with E-state index in [0.29, 0.717) is 17.4 Å². The molecule has 1 fully saturated rings. The Bertz CT molecular complexity index is 578. The van der Waals surface area contributed by atoms with Gasteiger partial charge in [0, 0.05) is 0 Å². The molecule has 1 atom stereocenters. The number of rotatable bonds is 3. The third kappa shape index (κ3) is 2.58. The van der Waals surface area contributed by atoms with Crippen LogP contribution < -0.4 is 5.73 Å². The molecule has 3 rings (SSSR count). The SMILES string of the molecule is NC(c1nc(-c2ccccc2F)no1)C1CCCCC1. The summed E-state index contributed by atoms with van der Waals surface area (Å²) in [6.07, 6.45) is 5.87. The van der Waals surface area contributed by atoms with Gasteiger partial charge in [-0.25, -0.2) is 4.39 Å². The van der Waals surface area contributed by atoms with Crippen molar-refractivity contribution in [2.24, 2.45) is 11.7 Å². The summed E-state index contributed by atoms with van der Waals surface area (Å²) >= 11 is 0. The molecule has 1 heterocycles. The summed E-state index contributed by atoms with van der Waals surface area (Å²) in [6, 6.07) is 6.15. The molecule has 2 N–H and O–H groups in total. The molecular formula is C15H18FN3O. The second kappa shape index (κ2) is 5.71. The standard InChI is InChI=1S/C15H18FN3O/c16-12-9-5-4-8-11(12)14-18-15(20-19-14)13(17)10-6-2-1-3-7-10/h4-5,8-10,13H,1-3,6-7,17H2. The Morgan fingerprint density at radius 1 is 1.20 bits per heavy atom. The van der Waals surface area contributed by atoms with Gasteiger partial charge in [-0.15, -0.1) is 0 Å². The summed E-state index contributed by atoms with van der Waals surface area (Å²) in [5.41, 5.74) is 6.55. The number of benzene rings is 1. The predicted octanol–water partition coefficient (Wildman–Crippen LogP) is 3.46. The molecule has 5 heteroatoms. The maximum absolute atomic E-state index is 13.7. The van der Waals surface area contributed by atoms with E-state index in [1.165, 1.54) is 25.3 Å². The van der Waals surface area contributed by atoms with Crippen molar-refractivity contribution >= 4 is 0 Å². The van der Waals surface area contributed by atoms with E-state index in [9.17, 15) is 4.39 Å². The van der Waals surface area contributed by atoms with E-state index in [-0.39, 0.29) is 17.7 Å². The van der Waals surface area contributed by atoms with Gasteiger partial charge in [0.2, 0.25) is 11.7 Å². The predicted molar refractivity (Wildman–Crippen MR) is 73.2 cm³/mol. The summed E-state index contributed by atoms with van der Waals surface area (Å²) in [7, 11) is 0. The summed E-state index contributed by atoms with van der Waals surface area (Å²) in [6.45, 7) is 0. The molecule has 2 aromatic rings. The summed E-state index contributed by atoms with van der Waals surface area (Å²) < 4.78 is 18.9. The Labute approximate surface area is 117 Å². The van der Waals surface area contributed by atoms with E-state index >= 15 is 0 Å². The van der Waals surface area contributed by atoms with Gasteiger partial charge in [0.1, 0.15) is 5.82 Å². The second-order valence-electron chi connectivity index (χ2n) is 5.36. The van der Waals surface area contributed by atoms with Crippen molar-refractivity contribution in [2.75, 3.05) is 0 Å². The van der Waals surface area contributed by atoms with Gasteiger partial charge in [0.25, 0.3) is 0 Å². The molecule has 1 aliphatic rings. The van der Waals surface area contributed by atoms with Crippen LogP contribution in [0.25, 0.3) is 11.4 Å². The first-order chi connectivity index (χ1) is 9.75. The first-order valence-electron chi connectivity index (χ1n) is 7.10. The van der Waals surface area contributed by atoms with Gasteiger partial charge in [-0.3, -0.25) is 0 Å². The lowest BCUT2D eigenvalue weighted by molar-refractivity contribution is 0.255. The number of nitrogens with zero attached hydrogens (tertiary/aromatic N) is 2. The molecule has 0 aliphatic heterocycles. The number of hydrogen-bond acceptors (Lipinski definition) is 4. The van der Waals surface area contributed by atoms with Gasteiger partial charge in [-0.05, 0) is 30.9 Å². The highest BCUT2D eigenvalue weighted by molar-refractivity contribution is 5.54. The molecule has 1 saturated carbocycles. The van der Waals surface area contributed by atoms with Crippen LogP contribution in [-0.2, 0) is 0 Å². The highest BCUT2D eigenvalue weighted by atomic mass is 19.1. The lowest BCUT2D eigenvalue weighted by atomic mass is 9.84. The minimum atomic E-state index is -0.355. The number of aromatic nitrogens is 2. The van der Waals surface area contributed by atoms with Crippen LogP contribution in [0, 0.1) is 11.7 Å². The van der Waals surface area contributed by atoms with Crippen molar-refractivity contribution in [3.63, 3.8) is 0 Å². The van der Waals surface area contributed by atoms with Crippen LogP contribution in [-0.4, -0.2) is 10.1 Å². The molecule has 0 bridgehead atoms. The largest absolute Gasteiger partial charge is 0.337 e. The van der Waals surface area contributed by atoms with E-state index in [1.807, 2.05) is 0 Å². The Hall–Kier alpha value is -1.75. The van der Waals surface area contributed by atoms with Gasteiger partial charge in [0.15, 0.2) is 0 Å². The zero-order chi connectivity index (χ0) is 13.9. The van der Waals surface area contributed by atoms with E-state index in [4.69, 9.17) is 10.3 Å². The summed E-state index contributed by atoms with van der Waals surface area (Å²) in [5, 5.41) is 3.86. The Morgan fingerprint density at radius 3 is 2.70 bits per heavy atom. The van der Waals surface area contributed by atoms with E-state index in [0.717, 1.165) is 12.8 Å². The molecule has 0 spiro atoms. The summed E-state index contributed by atoms with van der Waals surface area (Å²) in [4.78, 5) is 4.27. The van der Waals surface area contributed by atoms with Crippen LogP contribution in [0.15, 0.2) is 28.8 Å². The van der Waals surface area contributed by atoms with Crippen molar-refractivity contribution in [1.82, 2.24) is 10.1 Å². The highest BCUT2D eigenvalue weighted by Crippen LogP contribution is 2.33. The fourth-order valence-corrected chi connectivity index (χ4v) is 2.82. The zero-order valence-electron chi connectivity index (χ0n) is 11.3. The van der Waals surface area contributed by atoms with Crippen LogP contribution in [0.3, 0.4) is 0 Å². The molecule has 106 valence electrons. The van der Waals surface area contributed by atoms with Crippen LogP contribution in [0.5, 0.6) is 0 Å².